The lowest BCUT2D eigenvalue weighted by Gasteiger charge is -2.36. The Kier molecular flexibility index (Phi) is 3.73. The van der Waals surface area contributed by atoms with Gasteiger partial charge in [-0.15, -0.1) is 0 Å². The number of urea groups is 1. The van der Waals surface area contributed by atoms with Crippen molar-refractivity contribution in [1.29, 1.82) is 0 Å². The average molecular weight is 276 g/mol. The van der Waals surface area contributed by atoms with Gasteiger partial charge in [-0.25, -0.2) is 4.79 Å². The van der Waals surface area contributed by atoms with E-state index in [2.05, 4.69) is 27.5 Å². The number of piperidine rings is 1. The maximum absolute atomic E-state index is 12.1. The van der Waals surface area contributed by atoms with E-state index in [1.165, 1.54) is 0 Å². The van der Waals surface area contributed by atoms with Gasteiger partial charge in [-0.05, 0) is 19.8 Å². The summed E-state index contributed by atoms with van der Waals surface area (Å²) in [6.45, 7) is 5.50. The normalized spacial score (nSPS) is 20.6. The minimum absolute atomic E-state index is 0.0868. The number of carbonyl (C=O) groups is 1. The number of nitrogens with one attached hydrogen (secondary N) is 1. The molecule has 2 aliphatic rings. The quantitative estimate of drug-likeness (QED) is 0.837. The fourth-order valence-corrected chi connectivity index (χ4v) is 2.84. The van der Waals surface area contributed by atoms with Crippen LogP contribution in [0.5, 0.6) is 0 Å². The number of carbonyl (C=O) groups excluding carboxylic acids is 1. The van der Waals surface area contributed by atoms with Crippen molar-refractivity contribution in [2.24, 2.45) is 0 Å². The van der Waals surface area contributed by atoms with Crippen molar-refractivity contribution in [2.75, 3.05) is 31.5 Å². The third-order valence-electron chi connectivity index (χ3n) is 3.98. The molecular formula is C14H20N4O2. The average Bonchev–Trinajstić information content (AvgIpc) is 3.11. The lowest BCUT2D eigenvalue weighted by Crippen LogP contribution is -2.47. The zero-order chi connectivity index (χ0) is 13.9. The summed E-state index contributed by atoms with van der Waals surface area (Å²) in [7, 11) is 0. The summed E-state index contributed by atoms with van der Waals surface area (Å²) in [5, 5.41) is 6.55. The molecule has 20 heavy (non-hydrogen) atoms. The predicted octanol–water partition coefficient (Wildman–Crippen LogP) is 1.85. The van der Waals surface area contributed by atoms with Crippen LogP contribution in [0, 0.1) is 6.92 Å². The molecule has 3 rings (SSSR count). The lowest BCUT2D eigenvalue weighted by molar-refractivity contribution is 0.144. The third kappa shape index (κ3) is 2.85. The van der Waals surface area contributed by atoms with Crippen molar-refractivity contribution in [1.82, 2.24) is 15.0 Å². The molecule has 2 amide bonds. The molecule has 1 aromatic rings. The van der Waals surface area contributed by atoms with Gasteiger partial charge in [-0.1, -0.05) is 17.3 Å². The van der Waals surface area contributed by atoms with Crippen LogP contribution in [-0.4, -0.2) is 53.2 Å². The molecule has 0 unspecified atom stereocenters. The SMILES string of the molecule is Cc1cc(NC(=O)N2CCC(N3CC=CC3)CC2)no1. The summed E-state index contributed by atoms with van der Waals surface area (Å²) in [5.41, 5.74) is 0. The van der Waals surface area contributed by atoms with Gasteiger partial charge in [0.2, 0.25) is 0 Å². The van der Waals surface area contributed by atoms with Crippen molar-refractivity contribution in [2.45, 2.75) is 25.8 Å². The van der Waals surface area contributed by atoms with E-state index < -0.39 is 0 Å². The van der Waals surface area contributed by atoms with E-state index in [-0.39, 0.29) is 6.03 Å². The minimum atomic E-state index is -0.0868. The molecule has 1 N–H and O–H groups in total. The van der Waals surface area contributed by atoms with E-state index in [0.717, 1.165) is 39.0 Å². The van der Waals surface area contributed by atoms with Crippen molar-refractivity contribution >= 4 is 11.8 Å². The molecule has 1 aromatic heterocycles. The fraction of sp³-hybridized carbons (Fsp3) is 0.571. The maximum Gasteiger partial charge on any atom is 0.323 e. The number of aromatic nitrogens is 1. The number of nitrogens with zero attached hydrogens (tertiary/aromatic N) is 3. The van der Waals surface area contributed by atoms with Gasteiger partial charge in [0.15, 0.2) is 5.82 Å². The van der Waals surface area contributed by atoms with Crippen LogP contribution in [0.15, 0.2) is 22.7 Å². The van der Waals surface area contributed by atoms with E-state index in [1.807, 2.05) is 4.90 Å². The largest absolute Gasteiger partial charge is 0.360 e. The van der Waals surface area contributed by atoms with Crippen molar-refractivity contribution in [3.8, 4) is 0 Å². The van der Waals surface area contributed by atoms with E-state index in [9.17, 15) is 4.79 Å². The van der Waals surface area contributed by atoms with Gasteiger partial charge in [-0.3, -0.25) is 10.2 Å². The minimum Gasteiger partial charge on any atom is -0.360 e. The molecular weight excluding hydrogens is 256 g/mol. The highest BCUT2D eigenvalue weighted by atomic mass is 16.5. The van der Waals surface area contributed by atoms with Gasteiger partial charge in [-0.2, -0.15) is 0 Å². The highest BCUT2D eigenvalue weighted by molar-refractivity contribution is 5.88. The molecule has 0 atom stereocenters. The van der Waals surface area contributed by atoms with Gasteiger partial charge in [0.05, 0.1) is 0 Å². The molecule has 0 bridgehead atoms. The van der Waals surface area contributed by atoms with Crippen LogP contribution in [0.1, 0.15) is 18.6 Å². The summed E-state index contributed by atoms with van der Waals surface area (Å²) in [5.74, 6) is 1.18. The number of hydrogen-bond acceptors (Lipinski definition) is 4. The van der Waals surface area contributed by atoms with Crippen LogP contribution in [0.2, 0.25) is 0 Å². The van der Waals surface area contributed by atoms with Crippen molar-refractivity contribution < 1.29 is 9.32 Å². The Bertz CT molecular complexity index is 495. The molecule has 0 radical (unpaired) electrons. The Hall–Kier alpha value is -1.82. The smallest absolute Gasteiger partial charge is 0.323 e. The third-order valence-corrected chi connectivity index (χ3v) is 3.98. The number of rotatable bonds is 2. The standard InChI is InChI=1S/C14H20N4O2/c1-11-10-13(16-20-11)15-14(19)18-8-4-12(5-9-18)17-6-2-3-7-17/h2-3,10,12H,4-9H2,1H3,(H,15,16,19). The monoisotopic (exact) mass is 276 g/mol. The maximum atomic E-state index is 12.1. The molecule has 1 saturated heterocycles. The number of amides is 2. The van der Waals surface area contributed by atoms with Gasteiger partial charge >= 0.3 is 6.03 Å². The second-order valence-corrected chi connectivity index (χ2v) is 5.40. The Labute approximate surface area is 118 Å². The van der Waals surface area contributed by atoms with E-state index in [1.54, 1.807) is 13.0 Å². The van der Waals surface area contributed by atoms with E-state index >= 15 is 0 Å². The summed E-state index contributed by atoms with van der Waals surface area (Å²) in [6, 6.07) is 2.24. The molecule has 108 valence electrons. The van der Waals surface area contributed by atoms with Gasteiger partial charge in [0.1, 0.15) is 5.76 Å². The fourth-order valence-electron chi connectivity index (χ4n) is 2.84. The molecule has 2 aliphatic heterocycles. The first-order valence-electron chi connectivity index (χ1n) is 7.10. The van der Waals surface area contributed by atoms with Crippen molar-refractivity contribution in [3.05, 3.63) is 24.0 Å². The van der Waals surface area contributed by atoms with E-state index in [0.29, 0.717) is 17.6 Å². The lowest BCUT2D eigenvalue weighted by atomic mass is 10.0. The molecule has 3 heterocycles. The Morgan fingerprint density at radius 2 is 2.05 bits per heavy atom. The first-order chi connectivity index (χ1) is 9.72. The molecule has 6 heteroatoms. The summed E-state index contributed by atoms with van der Waals surface area (Å²) >= 11 is 0. The van der Waals surface area contributed by atoms with Crippen LogP contribution < -0.4 is 5.32 Å². The Morgan fingerprint density at radius 1 is 1.35 bits per heavy atom. The second kappa shape index (κ2) is 5.66. The molecule has 0 saturated carbocycles. The molecule has 1 fully saturated rings. The van der Waals surface area contributed by atoms with Crippen LogP contribution in [0.4, 0.5) is 10.6 Å². The first kappa shape index (κ1) is 13.2. The zero-order valence-corrected chi connectivity index (χ0v) is 11.7. The molecule has 0 aromatic carbocycles. The van der Waals surface area contributed by atoms with Gasteiger partial charge in [0.25, 0.3) is 0 Å². The number of hydrogen-bond donors (Lipinski definition) is 1. The summed E-state index contributed by atoms with van der Waals surface area (Å²) in [4.78, 5) is 16.4. The highest BCUT2D eigenvalue weighted by Gasteiger charge is 2.27. The number of aryl methyl sites for hydroxylation is 1. The topological polar surface area (TPSA) is 61.6 Å². The Balaban J connectivity index is 1.48. The molecule has 6 nitrogen and oxygen atoms in total. The second-order valence-electron chi connectivity index (χ2n) is 5.40. The van der Waals surface area contributed by atoms with Crippen LogP contribution >= 0.6 is 0 Å². The summed E-state index contributed by atoms with van der Waals surface area (Å²) in [6.07, 6.45) is 6.50. The Morgan fingerprint density at radius 3 is 2.65 bits per heavy atom. The van der Waals surface area contributed by atoms with Crippen LogP contribution in [0.3, 0.4) is 0 Å². The molecule has 0 spiro atoms. The first-order valence-corrected chi connectivity index (χ1v) is 7.10. The van der Waals surface area contributed by atoms with Gasteiger partial charge in [0, 0.05) is 38.3 Å². The number of anilines is 1. The zero-order valence-electron chi connectivity index (χ0n) is 11.7. The van der Waals surface area contributed by atoms with Crippen LogP contribution in [-0.2, 0) is 0 Å². The highest BCUT2D eigenvalue weighted by Crippen LogP contribution is 2.19. The number of likely N-dealkylation sites (tertiary alicyclic amines) is 1. The molecule has 0 aliphatic carbocycles. The summed E-state index contributed by atoms with van der Waals surface area (Å²) < 4.78 is 4.94. The van der Waals surface area contributed by atoms with E-state index in [4.69, 9.17) is 4.52 Å². The van der Waals surface area contributed by atoms with Crippen molar-refractivity contribution in [3.63, 3.8) is 0 Å². The van der Waals surface area contributed by atoms with Gasteiger partial charge < -0.3 is 9.42 Å². The van der Waals surface area contributed by atoms with Crippen LogP contribution in [0.25, 0.3) is 0 Å². The predicted molar refractivity (Wildman–Crippen MR) is 75.6 cm³/mol.